The standard InChI is InChI=1S/C18H25N5O2/c1-3-8-22-9-5-6-18(17(22)24)7-10-23(11-18)15-14-16(20-12-19-15)25-13(4-2)21-14/h12H,3-11H2,1-2H3. The normalized spacial score (nSPS) is 24.0. The van der Waals surface area contributed by atoms with Crippen LogP contribution < -0.4 is 4.90 Å². The Kier molecular flexibility index (Phi) is 4.09. The van der Waals surface area contributed by atoms with Crippen molar-refractivity contribution >= 4 is 23.0 Å². The summed E-state index contributed by atoms with van der Waals surface area (Å²) in [6.07, 6.45) is 6.20. The molecule has 4 rings (SSSR count). The first-order valence-corrected chi connectivity index (χ1v) is 9.31. The van der Waals surface area contributed by atoms with Crippen LogP contribution in [0, 0.1) is 5.41 Å². The van der Waals surface area contributed by atoms with Crippen LogP contribution in [0.1, 0.15) is 45.4 Å². The molecule has 0 N–H and O–H groups in total. The second-order valence-corrected chi connectivity index (χ2v) is 7.16. The fourth-order valence-electron chi connectivity index (χ4n) is 4.24. The van der Waals surface area contributed by atoms with Gasteiger partial charge >= 0.3 is 0 Å². The lowest BCUT2D eigenvalue weighted by atomic mass is 9.78. The van der Waals surface area contributed by atoms with E-state index in [0.29, 0.717) is 29.6 Å². The Morgan fingerprint density at radius 2 is 2.12 bits per heavy atom. The molecule has 0 radical (unpaired) electrons. The largest absolute Gasteiger partial charge is 0.422 e. The number of carbonyl (C=O) groups excluding carboxylic acids is 1. The van der Waals surface area contributed by atoms with Gasteiger partial charge in [0.2, 0.25) is 5.91 Å². The van der Waals surface area contributed by atoms with Crippen LogP contribution in [0.15, 0.2) is 10.7 Å². The molecule has 0 aromatic carbocycles. The van der Waals surface area contributed by atoms with Crippen LogP contribution >= 0.6 is 0 Å². The maximum Gasteiger partial charge on any atom is 0.252 e. The van der Waals surface area contributed by atoms with Crippen molar-refractivity contribution in [1.29, 1.82) is 0 Å². The zero-order valence-corrected chi connectivity index (χ0v) is 15.0. The Labute approximate surface area is 147 Å². The van der Waals surface area contributed by atoms with E-state index in [9.17, 15) is 4.79 Å². The molecule has 0 aliphatic carbocycles. The third-order valence-electron chi connectivity index (χ3n) is 5.49. The van der Waals surface area contributed by atoms with Crippen molar-refractivity contribution in [2.24, 2.45) is 5.41 Å². The number of amides is 1. The number of piperidine rings is 1. The van der Waals surface area contributed by atoms with Crippen LogP contribution in [0.3, 0.4) is 0 Å². The molecular weight excluding hydrogens is 318 g/mol. The number of fused-ring (bicyclic) bond motifs is 1. The van der Waals surface area contributed by atoms with E-state index in [4.69, 9.17) is 4.42 Å². The highest BCUT2D eigenvalue weighted by atomic mass is 16.4. The van der Waals surface area contributed by atoms with E-state index in [1.807, 2.05) is 11.8 Å². The van der Waals surface area contributed by atoms with E-state index in [1.54, 1.807) is 0 Å². The SMILES string of the molecule is CCCN1CCCC2(CCN(c3ncnc4oc(CC)nc34)C2)C1=O. The van der Waals surface area contributed by atoms with Gasteiger partial charge in [0.1, 0.15) is 6.33 Å². The lowest BCUT2D eigenvalue weighted by Gasteiger charge is -2.39. The van der Waals surface area contributed by atoms with Gasteiger partial charge in [-0.2, -0.15) is 4.98 Å². The van der Waals surface area contributed by atoms with Gasteiger partial charge in [0.25, 0.3) is 5.71 Å². The van der Waals surface area contributed by atoms with Crippen molar-refractivity contribution in [3.8, 4) is 0 Å². The number of aromatic nitrogens is 3. The van der Waals surface area contributed by atoms with E-state index in [1.165, 1.54) is 6.33 Å². The first-order valence-electron chi connectivity index (χ1n) is 9.31. The van der Waals surface area contributed by atoms with Crippen molar-refractivity contribution in [1.82, 2.24) is 19.9 Å². The molecule has 25 heavy (non-hydrogen) atoms. The Hall–Kier alpha value is -2.18. The van der Waals surface area contributed by atoms with Gasteiger partial charge in [-0.3, -0.25) is 4.79 Å². The van der Waals surface area contributed by atoms with Crippen molar-refractivity contribution in [2.45, 2.75) is 46.0 Å². The fourth-order valence-corrected chi connectivity index (χ4v) is 4.24. The van der Waals surface area contributed by atoms with Crippen LogP contribution in [-0.4, -0.2) is 51.9 Å². The molecule has 2 aliphatic rings. The molecule has 1 amide bonds. The van der Waals surface area contributed by atoms with Gasteiger partial charge < -0.3 is 14.2 Å². The van der Waals surface area contributed by atoms with Crippen LogP contribution in [0.2, 0.25) is 0 Å². The third kappa shape index (κ3) is 2.65. The molecule has 2 aliphatic heterocycles. The van der Waals surface area contributed by atoms with E-state index < -0.39 is 0 Å². The number of carbonyl (C=O) groups is 1. The van der Waals surface area contributed by atoms with Crippen molar-refractivity contribution in [3.63, 3.8) is 0 Å². The predicted octanol–water partition coefficient (Wildman–Crippen LogP) is 2.41. The Bertz CT molecular complexity index is 787. The molecule has 1 unspecified atom stereocenters. The number of rotatable bonds is 4. The summed E-state index contributed by atoms with van der Waals surface area (Å²) in [5, 5.41) is 0. The Morgan fingerprint density at radius 3 is 2.92 bits per heavy atom. The molecule has 1 spiro atoms. The lowest BCUT2D eigenvalue weighted by Crippen LogP contribution is -2.50. The molecule has 7 nitrogen and oxygen atoms in total. The maximum absolute atomic E-state index is 13.1. The molecule has 0 bridgehead atoms. The topological polar surface area (TPSA) is 75.4 Å². The molecule has 7 heteroatoms. The summed E-state index contributed by atoms with van der Waals surface area (Å²) in [7, 11) is 0. The number of nitrogens with zero attached hydrogens (tertiary/aromatic N) is 5. The molecule has 134 valence electrons. The number of oxazole rings is 1. The van der Waals surface area contributed by atoms with Crippen molar-refractivity contribution < 1.29 is 9.21 Å². The van der Waals surface area contributed by atoms with Crippen LogP contribution in [0.25, 0.3) is 11.2 Å². The van der Waals surface area contributed by atoms with Gasteiger partial charge in [0.05, 0.1) is 5.41 Å². The predicted molar refractivity (Wildman–Crippen MR) is 94.3 cm³/mol. The summed E-state index contributed by atoms with van der Waals surface area (Å²) in [5.41, 5.74) is 0.984. The average molecular weight is 343 g/mol. The average Bonchev–Trinajstić information content (AvgIpc) is 3.24. The van der Waals surface area contributed by atoms with Crippen LogP contribution in [0.4, 0.5) is 5.82 Å². The molecule has 1 atom stereocenters. The first kappa shape index (κ1) is 16.3. The highest BCUT2D eigenvalue weighted by molar-refractivity contribution is 5.87. The quantitative estimate of drug-likeness (QED) is 0.848. The van der Waals surface area contributed by atoms with E-state index in [-0.39, 0.29) is 5.41 Å². The summed E-state index contributed by atoms with van der Waals surface area (Å²) in [4.78, 5) is 30.5. The number of likely N-dealkylation sites (tertiary alicyclic amines) is 1. The number of hydrogen-bond acceptors (Lipinski definition) is 6. The number of hydrogen-bond donors (Lipinski definition) is 0. The third-order valence-corrected chi connectivity index (χ3v) is 5.49. The minimum Gasteiger partial charge on any atom is -0.422 e. The highest BCUT2D eigenvalue weighted by Gasteiger charge is 2.48. The summed E-state index contributed by atoms with van der Waals surface area (Å²) < 4.78 is 5.66. The Balaban J connectivity index is 1.62. The Morgan fingerprint density at radius 1 is 1.24 bits per heavy atom. The van der Waals surface area contributed by atoms with Gasteiger partial charge in [-0.05, 0) is 25.7 Å². The zero-order valence-electron chi connectivity index (χ0n) is 15.0. The van der Waals surface area contributed by atoms with E-state index in [2.05, 4.69) is 26.8 Å². The molecular formula is C18H25N5O2. The van der Waals surface area contributed by atoms with Crippen molar-refractivity contribution in [3.05, 3.63) is 12.2 Å². The molecule has 2 fully saturated rings. The molecule has 2 saturated heterocycles. The summed E-state index contributed by atoms with van der Waals surface area (Å²) in [5.74, 6) is 1.79. The smallest absolute Gasteiger partial charge is 0.252 e. The molecule has 0 saturated carbocycles. The maximum atomic E-state index is 13.1. The van der Waals surface area contributed by atoms with Gasteiger partial charge in [0.15, 0.2) is 17.2 Å². The van der Waals surface area contributed by atoms with E-state index in [0.717, 1.165) is 57.6 Å². The summed E-state index contributed by atoms with van der Waals surface area (Å²) in [6, 6.07) is 0. The number of anilines is 1. The van der Waals surface area contributed by atoms with Gasteiger partial charge in [-0.15, -0.1) is 0 Å². The monoisotopic (exact) mass is 343 g/mol. The number of aryl methyl sites for hydroxylation is 1. The molecule has 4 heterocycles. The molecule has 2 aromatic rings. The summed E-state index contributed by atoms with van der Waals surface area (Å²) in [6.45, 7) is 7.43. The van der Waals surface area contributed by atoms with Gasteiger partial charge in [-0.1, -0.05) is 13.8 Å². The first-order chi connectivity index (χ1) is 12.2. The minimum absolute atomic E-state index is 0.262. The second kappa shape index (κ2) is 6.28. The highest BCUT2D eigenvalue weighted by Crippen LogP contribution is 2.42. The second-order valence-electron chi connectivity index (χ2n) is 7.16. The van der Waals surface area contributed by atoms with E-state index >= 15 is 0 Å². The minimum atomic E-state index is -0.262. The van der Waals surface area contributed by atoms with Gasteiger partial charge in [-0.25, -0.2) is 9.97 Å². The van der Waals surface area contributed by atoms with Gasteiger partial charge in [0, 0.05) is 32.6 Å². The van der Waals surface area contributed by atoms with Crippen molar-refractivity contribution in [2.75, 3.05) is 31.1 Å². The lowest BCUT2D eigenvalue weighted by molar-refractivity contribution is -0.145. The zero-order chi connectivity index (χ0) is 17.4. The summed E-state index contributed by atoms with van der Waals surface area (Å²) >= 11 is 0. The van der Waals surface area contributed by atoms with Crippen LogP contribution in [-0.2, 0) is 11.2 Å². The molecule has 2 aromatic heterocycles. The van der Waals surface area contributed by atoms with Crippen LogP contribution in [0.5, 0.6) is 0 Å². The fraction of sp³-hybridized carbons (Fsp3) is 0.667.